The number of hydrogen-bond acceptors (Lipinski definition) is 8. The molecule has 26 heavy (non-hydrogen) atoms. The summed E-state index contributed by atoms with van der Waals surface area (Å²) in [5, 5.41) is 3.33. The Balaban J connectivity index is 1.36. The third-order valence-electron chi connectivity index (χ3n) is 4.24. The second-order valence-corrected chi connectivity index (χ2v) is 5.98. The molecular weight excluding hydrogens is 328 g/mol. The number of aromatic nitrogens is 5. The Hall–Kier alpha value is -3.29. The first-order chi connectivity index (χ1) is 12.9. The molecule has 8 heteroatoms. The maximum Gasteiger partial charge on any atom is 0.227 e. The van der Waals surface area contributed by atoms with Gasteiger partial charge >= 0.3 is 0 Å². The molecule has 1 saturated heterocycles. The van der Waals surface area contributed by atoms with E-state index in [-0.39, 0.29) is 0 Å². The predicted octanol–water partition coefficient (Wildman–Crippen LogP) is 1.60. The van der Waals surface area contributed by atoms with Crippen LogP contribution in [0.2, 0.25) is 0 Å². The predicted molar refractivity (Wildman–Crippen MR) is 100 cm³/mol. The molecule has 0 saturated carbocycles. The Bertz CT molecular complexity index is 819. The van der Waals surface area contributed by atoms with Gasteiger partial charge in [0.15, 0.2) is 0 Å². The first-order valence-corrected chi connectivity index (χ1v) is 8.61. The van der Waals surface area contributed by atoms with Crippen molar-refractivity contribution in [3.63, 3.8) is 0 Å². The van der Waals surface area contributed by atoms with Crippen molar-refractivity contribution in [2.24, 2.45) is 0 Å². The summed E-state index contributed by atoms with van der Waals surface area (Å²) in [6, 6.07) is 7.68. The van der Waals surface area contributed by atoms with E-state index in [1.54, 1.807) is 24.8 Å². The molecule has 0 aliphatic carbocycles. The quantitative estimate of drug-likeness (QED) is 0.744. The Morgan fingerprint density at radius 1 is 0.808 bits per heavy atom. The van der Waals surface area contributed by atoms with Gasteiger partial charge in [0.1, 0.15) is 5.82 Å². The lowest BCUT2D eigenvalue weighted by Crippen LogP contribution is -2.47. The van der Waals surface area contributed by atoms with Crippen molar-refractivity contribution >= 4 is 17.7 Å². The number of anilines is 3. The monoisotopic (exact) mass is 348 g/mol. The lowest BCUT2D eigenvalue weighted by Gasteiger charge is -2.34. The van der Waals surface area contributed by atoms with Crippen molar-refractivity contribution in [2.75, 3.05) is 41.3 Å². The van der Waals surface area contributed by atoms with E-state index in [0.717, 1.165) is 49.5 Å². The summed E-state index contributed by atoms with van der Waals surface area (Å²) in [6.45, 7) is 4.06. The van der Waals surface area contributed by atoms with Crippen LogP contribution in [-0.4, -0.2) is 51.1 Å². The van der Waals surface area contributed by atoms with Crippen molar-refractivity contribution in [2.45, 2.75) is 6.54 Å². The molecule has 0 atom stereocenters. The summed E-state index contributed by atoms with van der Waals surface area (Å²) in [7, 11) is 0. The van der Waals surface area contributed by atoms with Crippen LogP contribution in [0.4, 0.5) is 17.7 Å². The van der Waals surface area contributed by atoms with E-state index in [4.69, 9.17) is 0 Å². The maximum atomic E-state index is 4.64. The number of nitrogens with zero attached hydrogens (tertiary/aromatic N) is 7. The highest BCUT2D eigenvalue weighted by Gasteiger charge is 2.20. The molecule has 1 fully saturated rings. The van der Waals surface area contributed by atoms with Crippen LogP contribution in [0.15, 0.2) is 55.2 Å². The van der Waals surface area contributed by atoms with E-state index in [9.17, 15) is 0 Å². The summed E-state index contributed by atoms with van der Waals surface area (Å²) < 4.78 is 0. The molecule has 4 heterocycles. The van der Waals surface area contributed by atoms with Gasteiger partial charge in [0, 0.05) is 63.7 Å². The minimum atomic E-state index is 0.684. The lowest BCUT2D eigenvalue weighted by atomic mass is 10.3. The van der Waals surface area contributed by atoms with Gasteiger partial charge in [0.05, 0.1) is 0 Å². The molecule has 0 unspecified atom stereocenters. The van der Waals surface area contributed by atoms with Crippen LogP contribution in [0.5, 0.6) is 0 Å². The number of nitrogens with one attached hydrogen (secondary N) is 1. The molecule has 0 amide bonds. The Morgan fingerprint density at radius 2 is 1.54 bits per heavy atom. The maximum absolute atomic E-state index is 4.64. The van der Waals surface area contributed by atoms with E-state index >= 15 is 0 Å². The molecule has 3 aromatic rings. The van der Waals surface area contributed by atoms with Gasteiger partial charge in [-0.15, -0.1) is 0 Å². The van der Waals surface area contributed by atoms with Crippen molar-refractivity contribution in [1.29, 1.82) is 0 Å². The highest BCUT2D eigenvalue weighted by Crippen LogP contribution is 2.16. The zero-order valence-corrected chi connectivity index (χ0v) is 14.4. The van der Waals surface area contributed by atoms with Crippen LogP contribution in [0.25, 0.3) is 0 Å². The van der Waals surface area contributed by atoms with Gasteiger partial charge in [0.2, 0.25) is 11.9 Å². The van der Waals surface area contributed by atoms with Gasteiger partial charge in [-0.3, -0.25) is 4.98 Å². The molecule has 0 spiro atoms. The number of pyridine rings is 1. The summed E-state index contributed by atoms with van der Waals surface area (Å²) in [6.07, 6.45) is 8.96. The van der Waals surface area contributed by atoms with Gasteiger partial charge < -0.3 is 15.1 Å². The molecule has 1 N–H and O–H groups in total. The van der Waals surface area contributed by atoms with Gasteiger partial charge in [-0.2, -0.15) is 4.98 Å². The standard InChI is InChI=1S/C18H20N8/c1-3-15(13-19-5-1)14-23-16-4-8-22-18(24-16)26-11-9-25(10-12-26)17-20-6-2-7-21-17/h1-8,13H,9-12,14H2,(H,22,23,24). The zero-order chi connectivity index (χ0) is 17.6. The van der Waals surface area contributed by atoms with E-state index in [1.807, 2.05) is 30.5 Å². The van der Waals surface area contributed by atoms with Crippen LogP contribution in [0.3, 0.4) is 0 Å². The van der Waals surface area contributed by atoms with E-state index in [0.29, 0.717) is 6.54 Å². The molecule has 0 radical (unpaired) electrons. The highest BCUT2D eigenvalue weighted by molar-refractivity contribution is 5.43. The number of piperazine rings is 1. The number of rotatable bonds is 5. The van der Waals surface area contributed by atoms with Crippen molar-refractivity contribution < 1.29 is 0 Å². The van der Waals surface area contributed by atoms with Gasteiger partial charge in [-0.25, -0.2) is 15.0 Å². The summed E-state index contributed by atoms with van der Waals surface area (Å²) >= 11 is 0. The third-order valence-corrected chi connectivity index (χ3v) is 4.24. The second-order valence-electron chi connectivity index (χ2n) is 5.98. The fourth-order valence-electron chi connectivity index (χ4n) is 2.86. The molecule has 0 bridgehead atoms. The van der Waals surface area contributed by atoms with Crippen molar-refractivity contribution in [1.82, 2.24) is 24.9 Å². The average Bonchev–Trinajstić information content (AvgIpc) is 2.74. The summed E-state index contributed by atoms with van der Waals surface area (Å²) in [5.41, 5.74) is 1.11. The topological polar surface area (TPSA) is 83.0 Å². The van der Waals surface area contributed by atoms with Crippen LogP contribution in [-0.2, 0) is 6.54 Å². The molecular formula is C18H20N8. The van der Waals surface area contributed by atoms with Crippen LogP contribution < -0.4 is 15.1 Å². The third kappa shape index (κ3) is 3.85. The Morgan fingerprint density at radius 3 is 2.27 bits per heavy atom. The lowest BCUT2D eigenvalue weighted by molar-refractivity contribution is 0.628. The second kappa shape index (κ2) is 7.73. The molecule has 3 aromatic heterocycles. The van der Waals surface area contributed by atoms with E-state index in [2.05, 4.69) is 40.0 Å². The van der Waals surface area contributed by atoms with Crippen molar-refractivity contribution in [3.05, 3.63) is 60.8 Å². The first kappa shape index (κ1) is 16.2. The molecule has 132 valence electrons. The number of hydrogen-bond donors (Lipinski definition) is 1. The largest absolute Gasteiger partial charge is 0.366 e. The minimum Gasteiger partial charge on any atom is -0.366 e. The SMILES string of the molecule is c1cnc(N2CCN(c3nccc(NCc4cccnc4)n3)CC2)nc1. The van der Waals surface area contributed by atoms with Crippen LogP contribution in [0.1, 0.15) is 5.56 Å². The first-order valence-electron chi connectivity index (χ1n) is 8.61. The Kier molecular flexibility index (Phi) is 4.81. The Labute approximate surface area is 152 Å². The minimum absolute atomic E-state index is 0.684. The average molecular weight is 348 g/mol. The molecule has 8 nitrogen and oxygen atoms in total. The van der Waals surface area contributed by atoms with Gasteiger partial charge in [0.25, 0.3) is 0 Å². The van der Waals surface area contributed by atoms with E-state index in [1.165, 1.54) is 0 Å². The normalized spacial score (nSPS) is 14.3. The molecule has 4 rings (SSSR count). The smallest absolute Gasteiger partial charge is 0.227 e. The van der Waals surface area contributed by atoms with Gasteiger partial charge in [-0.1, -0.05) is 6.07 Å². The summed E-state index contributed by atoms with van der Waals surface area (Å²) in [5.74, 6) is 2.34. The molecule has 1 aliphatic heterocycles. The zero-order valence-electron chi connectivity index (χ0n) is 14.4. The van der Waals surface area contributed by atoms with Crippen LogP contribution in [0, 0.1) is 0 Å². The fraction of sp³-hybridized carbons (Fsp3) is 0.278. The highest BCUT2D eigenvalue weighted by atomic mass is 15.4. The van der Waals surface area contributed by atoms with E-state index < -0.39 is 0 Å². The van der Waals surface area contributed by atoms with Crippen molar-refractivity contribution in [3.8, 4) is 0 Å². The molecule has 1 aliphatic rings. The van der Waals surface area contributed by atoms with Crippen LogP contribution >= 0.6 is 0 Å². The fourth-order valence-corrected chi connectivity index (χ4v) is 2.86. The summed E-state index contributed by atoms with van der Waals surface area (Å²) in [4.78, 5) is 26.2. The molecule has 0 aromatic carbocycles. The van der Waals surface area contributed by atoms with Gasteiger partial charge in [-0.05, 0) is 23.8 Å².